The third-order valence-electron chi connectivity index (χ3n) is 3.21. The molecule has 0 saturated heterocycles. The second-order valence-electron chi connectivity index (χ2n) is 4.97. The zero-order valence-corrected chi connectivity index (χ0v) is 11.0. The molecule has 0 spiro atoms. The molecule has 0 aliphatic heterocycles. The van der Waals surface area contributed by atoms with Crippen LogP contribution >= 0.6 is 12.2 Å². The van der Waals surface area contributed by atoms with Gasteiger partial charge in [-0.1, -0.05) is 19.1 Å². The Morgan fingerprint density at radius 3 is 2.40 bits per heavy atom. The van der Waals surface area contributed by atoms with Crippen LogP contribution in [0.1, 0.15) is 46.5 Å². The summed E-state index contributed by atoms with van der Waals surface area (Å²) in [5, 5.41) is 0. The first-order valence-corrected chi connectivity index (χ1v) is 6.49. The van der Waals surface area contributed by atoms with E-state index in [0.717, 1.165) is 18.8 Å². The van der Waals surface area contributed by atoms with Gasteiger partial charge in [-0.3, -0.25) is 4.90 Å². The lowest BCUT2D eigenvalue weighted by Gasteiger charge is -2.34. The molecule has 1 aliphatic rings. The molecule has 1 aliphatic carbocycles. The first-order chi connectivity index (χ1) is 7.04. The molecule has 15 heavy (non-hydrogen) atoms. The number of rotatable bonds is 7. The van der Waals surface area contributed by atoms with Crippen molar-refractivity contribution in [3.05, 3.63) is 0 Å². The smallest absolute Gasteiger partial charge is 0.0743 e. The van der Waals surface area contributed by atoms with Gasteiger partial charge in [-0.05, 0) is 39.0 Å². The minimum atomic E-state index is 0.545. The van der Waals surface area contributed by atoms with Crippen molar-refractivity contribution >= 4 is 17.2 Å². The number of hydrogen-bond acceptors (Lipinski definition) is 2. The van der Waals surface area contributed by atoms with E-state index in [2.05, 4.69) is 25.7 Å². The fraction of sp³-hybridized carbons (Fsp3) is 0.917. The fourth-order valence-electron chi connectivity index (χ4n) is 2.11. The Morgan fingerprint density at radius 2 is 2.07 bits per heavy atom. The summed E-state index contributed by atoms with van der Waals surface area (Å²) in [4.78, 5) is 3.24. The lowest BCUT2D eigenvalue weighted by atomic mass is 10.1. The van der Waals surface area contributed by atoms with Gasteiger partial charge < -0.3 is 5.73 Å². The first-order valence-electron chi connectivity index (χ1n) is 6.08. The topological polar surface area (TPSA) is 29.3 Å². The van der Waals surface area contributed by atoms with Crippen LogP contribution in [0.25, 0.3) is 0 Å². The molecule has 0 heterocycles. The third-order valence-corrected chi connectivity index (χ3v) is 3.37. The Labute approximate surface area is 99.2 Å². The van der Waals surface area contributed by atoms with Crippen LogP contribution in [0, 0.1) is 5.92 Å². The molecule has 3 heteroatoms. The van der Waals surface area contributed by atoms with Crippen LogP contribution in [-0.2, 0) is 0 Å². The maximum Gasteiger partial charge on any atom is 0.0743 e. The molecule has 0 aromatic heterocycles. The van der Waals surface area contributed by atoms with E-state index in [4.69, 9.17) is 18.0 Å². The van der Waals surface area contributed by atoms with Crippen LogP contribution in [-0.4, -0.2) is 28.5 Å². The third kappa shape index (κ3) is 4.47. The summed E-state index contributed by atoms with van der Waals surface area (Å²) in [6.07, 6.45) is 4.83. The van der Waals surface area contributed by atoms with E-state index in [9.17, 15) is 0 Å². The van der Waals surface area contributed by atoms with E-state index >= 15 is 0 Å². The van der Waals surface area contributed by atoms with Gasteiger partial charge in [0.05, 0.1) is 4.99 Å². The van der Waals surface area contributed by atoms with Crippen molar-refractivity contribution in [2.75, 3.05) is 6.54 Å². The van der Waals surface area contributed by atoms with E-state index in [1.807, 2.05) is 0 Å². The van der Waals surface area contributed by atoms with Gasteiger partial charge in [-0.2, -0.15) is 0 Å². The SMILES string of the molecule is CCC(CC(N)=S)N(CC1CC1)C(C)C. The highest BCUT2D eigenvalue weighted by Crippen LogP contribution is 2.31. The van der Waals surface area contributed by atoms with Crippen molar-refractivity contribution in [1.82, 2.24) is 4.90 Å². The van der Waals surface area contributed by atoms with Crippen molar-refractivity contribution in [3.8, 4) is 0 Å². The van der Waals surface area contributed by atoms with Crippen LogP contribution in [0.15, 0.2) is 0 Å². The summed E-state index contributed by atoms with van der Waals surface area (Å²) >= 11 is 5.02. The van der Waals surface area contributed by atoms with Crippen LogP contribution in [0.2, 0.25) is 0 Å². The molecular formula is C12H24N2S. The van der Waals surface area contributed by atoms with Gasteiger partial charge >= 0.3 is 0 Å². The molecule has 1 rings (SSSR count). The van der Waals surface area contributed by atoms with Crippen LogP contribution < -0.4 is 5.73 Å². The second-order valence-corrected chi connectivity index (χ2v) is 5.49. The lowest BCUT2D eigenvalue weighted by molar-refractivity contribution is 0.145. The van der Waals surface area contributed by atoms with Gasteiger partial charge in [-0.15, -0.1) is 0 Å². The average molecular weight is 228 g/mol. The summed E-state index contributed by atoms with van der Waals surface area (Å²) in [5.74, 6) is 0.938. The summed E-state index contributed by atoms with van der Waals surface area (Å²) in [7, 11) is 0. The molecule has 1 unspecified atom stereocenters. The summed E-state index contributed by atoms with van der Waals surface area (Å²) < 4.78 is 0. The van der Waals surface area contributed by atoms with Crippen molar-refractivity contribution in [2.45, 2.75) is 58.5 Å². The fourth-order valence-corrected chi connectivity index (χ4v) is 2.30. The highest BCUT2D eigenvalue weighted by molar-refractivity contribution is 7.80. The molecule has 2 N–H and O–H groups in total. The highest BCUT2D eigenvalue weighted by atomic mass is 32.1. The normalized spacial score (nSPS) is 18.5. The number of hydrogen-bond donors (Lipinski definition) is 1. The number of nitrogens with zero attached hydrogens (tertiary/aromatic N) is 1. The van der Waals surface area contributed by atoms with E-state index in [-0.39, 0.29) is 0 Å². The molecule has 0 bridgehead atoms. The molecule has 1 saturated carbocycles. The molecule has 88 valence electrons. The molecule has 0 radical (unpaired) electrons. The van der Waals surface area contributed by atoms with Crippen molar-refractivity contribution in [2.24, 2.45) is 11.7 Å². The maximum absolute atomic E-state index is 5.66. The van der Waals surface area contributed by atoms with Gasteiger partial charge in [-0.25, -0.2) is 0 Å². The predicted molar refractivity (Wildman–Crippen MR) is 70.0 cm³/mol. The Kier molecular flexibility index (Phi) is 5.00. The number of nitrogens with two attached hydrogens (primary N) is 1. The van der Waals surface area contributed by atoms with Gasteiger partial charge in [0.15, 0.2) is 0 Å². The summed E-state index contributed by atoms with van der Waals surface area (Å²) in [6, 6.07) is 1.15. The first kappa shape index (κ1) is 12.9. The van der Waals surface area contributed by atoms with Crippen LogP contribution in [0.4, 0.5) is 0 Å². The summed E-state index contributed by atoms with van der Waals surface area (Å²) in [6.45, 7) is 8.00. The molecule has 2 nitrogen and oxygen atoms in total. The molecule has 0 amide bonds. The molecule has 0 aromatic rings. The van der Waals surface area contributed by atoms with Crippen LogP contribution in [0.5, 0.6) is 0 Å². The Bertz CT molecular complexity index is 212. The number of thiocarbonyl (C=S) groups is 1. The van der Waals surface area contributed by atoms with Crippen molar-refractivity contribution in [3.63, 3.8) is 0 Å². The predicted octanol–water partition coefficient (Wildman–Crippen LogP) is 2.56. The zero-order valence-electron chi connectivity index (χ0n) is 10.2. The van der Waals surface area contributed by atoms with Crippen molar-refractivity contribution in [1.29, 1.82) is 0 Å². The monoisotopic (exact) mass is 228 g/mol. The van der Waals surface area contributed by atoms with Gasteiger partial charge in [0.25, 0.3) is 0 Å². The Hall–Kier alpha value is -0.150. The minimum absolute atomic E-state index is 0.545. The minimum Gasteiger partial charge on any atom is -0.393 e. The molecular weight excluding hydrogens is 204 g/mol. The summed E-state index contributed by atoms with van der Waals surface area (Å²) in [5.41, 5.74) is 5.66. The molecule has 1 atom stereocenters. The highest BCUT2D eigenvalue weighted by Gasteiger charge is 2.29. The maximum atomic E-state index is 5.66. The van der Waals surface area contributed by atoms with E-state index < -0.39 is 0 Å². The van der Waals surface area contributed by atoms with E-state index in [0.29, 0.717) is 17.1 Å². The average Bonchev–Trinajstić information content (AvgIpc) is 2.93. The Morgan fingerprint density at radius 1 is 1.47 bits per heavy atom. The molecule has 1 fully saturated rings. The standard InChI is InChI=1S/C12H24N2S/c1-4-11(7-12(13)15)14(9(2)3)8-10-5-6-10/h9-11H,4-8H2,1-3H3,(H2,13,15). The second kappa shape index (κ2) is 5.80. The quantitative estimate of drug-likeness (QED) is 0.679. The largest absolute Gasteiger partial charge is 0.393 e. The zero-order chi connectivity index (χ0) is 11.4. The lowest BCUT2D eigenvalue weighted by Crippen LogP contribution is -2.43. The van der Waals surface area contributed by atoms with Crippen molar-refractivity contribution < 1.29 is 0 Å². The van der Waals surface area contributed by atoms with Gasteiger partial charge in [0, 0.05) is 25.0 Å². The van der Waals surface area contributed by atoms with E-state index in [1.165, 1.54) is 19.4 Å². The Balaban J connectivity index is 2.52. The van der Waals surface area contributed by atoms with Gasteiger partial charge in [0.1, 0.15) is 0 Å². The van der Waals surface area contributed by atoms with Crippen LogP contribution in [0.3, 0.4) is 0 Å². The van der Waals surface area contributed by atoms with E-state index in [1.54, 1.807) is 0 Å². The molecule has 0 aromatic carbocycles. The van der Waals surface area contributed by atoms with Gasteiger partial charge in [0.2, 0.25) is 0 Å².